The van der Waals surface area contributed by atoms with Crippen LogP contribution in [0.15, 0.2) is 24.3 Å². The largest absolute Gasteiger partial charge is 0.480 e. The highest BCUT2D eigenvalue weighted by molar-refractivity contribution is 5.93. The maximum atomic E-state index is 11.6. The Balaban J connectivity index is 2.63. The van der Waals surface area contributed by atoms with Gasteiger partial charge in [-0.1, -0.05) is 0 Å². The van der Waals surface area contributed by atoms with E-state index in [4.69, 9.17) is 16.1 Å². The minimum Gasteiger partial charge on any atom is -0.480 e. The van der Waals surface area contributed by atoms with Crippen molar-refractivity contribution in [2.45, 2.75) is 12.5 Å². The van der Waals surface area contributed by atoms with E-state index in [2.05, 4.69) is 10.6 Å². The molecule has 1 aromatic rings. The Hall–Kier alpha value is -3.08. The second kappa shape index (κ2) is 6.75. The zero-order chi connectivity index (χ0) is 15.1. The first-order valence-corrected chi connectivity index (χ1v) is 5.51. The van der Waals surface area contributed by atoms with Crippen LogP contribution < -0.4 is 16.4 Å². The Morgan fingerprint density at radius 1 is 1.30 bits per heavy atom. The van der Waals surface area contributed by atoms with Crippen LogP contribution in [0.4, 0.5) is 10.5 Å². The van der Waals surface area contributed by atoms with Gasteiger partial charge in [0.15, 0.2) is 0 Å². The molecular weight excluding hydrogens is 264 g/mol. The number of carboxylic acid groups (broad SMARTS) is 1. The summed E-state index contributed by atoms with van der Waals surface area (Å²) in [5, 5.41) is 21.9. The Kier molecular flexibility index (Phi) is 5.05. The molecule has 1 rings (SSSR count). The van der Waals surface area contributed by atoms with Crippen LogP contribution in [0.2, 0.25) is 0 Å². The van der Waals surface area contributed by atoms with Crippen molar-refractivity contribution in [1.29, 1.82) is 5.26 Å². The van der Waals surface area contributed by atoms with E-state index in [0.717, 1.165) is 0 Å². The van der Waals surface area contributed by atoms with Gasteiger partial charge in [-0.15, -0.1) is 0 Å². The SMILES string of the molecule is N#Cc1ccc(NC(=O)NC(CC(N)=O)C(=O)O)cc1. The van der Waals surface area contributed by atoms with Crippen LogP contribution in [0.1, 0.15) is 12.0 Å². The molecule has 3 amide bonds. The zero-order valence-electron chi connectivity index (χ0n) is 10.3. The fourth-order valence-corrected chi connectivity index (χ4v) is 1.35. The third kappa shape index (κ3) is 4.66. The lowest BCUT2D eigenvalue weighted by Gasteiger charge is -2.13. The van der Waals surface area contributed by atoms with Gasteiger partial charge in [-0.25, -0.2) is 9.59 Å². The topological polar surface area (TPSA) is 145 Å². The number of carboxylic acids is 1. The third-order valence-electron chi connectivity index (χ3n) is 2.28. The van der Waals surface area contributed by atoms with Crippen LogP contribution in [0.3, 0.4) is 0 Å². The summed E-state index contributed by atoms with van der Waals surface area (Å²) >= 11 is 0. The van der Waals surface area contributed by atoms with E-state index in [9.17, 15) is 14.4 Å². The average Bonchev–Trinajstić information content (AvgIpc) is 2.38. The van der Waals surface area contributed by atoms with Gasteiger partial charge in [-0.05, 0) is 24.3 Å². The molecule has 0 heterocycles. The van der Waals surface area contributed by atoms with Gasteiger partial charge in [-0.3, -0.25) is 4.79 Å². The van der Waals surface area contributed by atoms with Gasteiger partial charge in [0, 0.05) is 5.69 Å². The van der Waals surface area contributed by atoms with E-state index in [-0.39, 0.29) is 0 Å². The van der Waals surface area contributed by atoms with Crippen LogP contribution >= 0.6 is 0 Å². The molecule has 0 fully saturated rings. The Morgan fingerprint density at radius 3 is 2.35 bits per heavy atom. The van der Waals surface area contributed by atoms with E-state index >= 15 is 0 Å². The van der Waals surface area contributed by atoms with E-state index in [1.807, 2.05) is 6.07 Å². The molecule has 0 spiro atoms. The summed E-state index contributed by atoms with van der Waals surface area (Å²) in [5.74, 6) is -2.20. The highest BCUT2D eigenvalue weighted by atomic mass is 16.4. The predicted molar refractivity (Wildman–Crippen MR) is 68.5 cm³/mol. The first kappa shape index (κ1) is 15.0. The molecule has 0 radical (unpaired) electrons. The van der Waals surface area contributed by atoms with Gasteiger partial charge in [0.25, 0.3) is 0 Å². The molecule has 1 atom stereocenters. The van der Waals surface area contributed by atoms with E-state index in [1.165, 1.54) is 24.3 Å². The molecular formula is C12H12N4O4. The number of hydrogen-bond donors (Lipinski definition) is 4. The Bertz CT molecular complexity index is 562. The molecule has 8 heteroatoms. The minimum absolute atomic E-state index is 0.379. The third-order valence-corrected chi connectivity index (χ3v) is 2.28. The predicted octanol–water partition coefficient (Wildman–Crippen LogP) is 0.00838. The van der Waals surface area contributed by atoms with Crippen LogP contribution in [0, 0.1) is 11.3 Å². The van der Waals surface area contributed by atoms with Crippen molar-refractivity contribution in [1.82, 2.24) is 5.32 Å². The average molecular weight is 276 g/mol. The van der Waals surface area contributed by atoms with Gasteiger partial charge >= 0.3 is 12.0 Å². The Labute approximate surface area is 114 Å². The maximum absolute atomic E-state index is 11.6. The first-order chi connectivity index (χ1) is 9.42. The van der Waals surface area contributed by atoms with Crippen molar-refractivity contribution in [2.75, 3.05) is 5.32 Å². The second-order valence-electron chi connectivity index (χ2n) is 3.85. The fourth-order valence-electron chi connectivity index (χ4n) is 1.35. The van der Waals surface area contributed by atoms with Gasteiger partial charge in [0.2, 0.25) is 5.91 Å². The summed E-state index contributed by atoms with van der Waals surface area (Å²) in [5.41, 5.74) is 5.69. The fraction of sp³-hybridized carbons (Fsp3) is 0.167. The molecule has 0 saturated carbocycles. The van der Waals surface area contributed by atoms with Crippen molar-refractivity contribution in [3.05, 3.63) is 29.8 Å². The van der Waals surface area contributed by atoms with Gasteiger partial charge < -0.3 is 21.5 Å². The molecule has 0 aliphatic heterocycles. The number of carbonyl (C=O) groups excluding carboxylic acids is 2. The first-order valence-electron chi connectivity index (χ1n) is 5.51. The number of hydrogen-bond acceptors (Lipinski definition) is 4. The van der Waals surface area contributed by atoms with Crippen molar-refractivity contribution in [2.24, 2.45) is 5.73 Å². The second-order valence-corrected chi connectivity index (χ2v) is 3.85. The number of nitrogens with one attached hydrogen (secondary N) is 2. The molecule has 1 aromatic carbocycles. The normalized spacial score (nSPS) is 10.9. The number of aliphatic carboxylic acids is 1. The number of nitrogens with two attached hydrogens (primary N) is 1. The summed E-state index contributed by atoms with van der Waals surface area (Å²) in [6, 6.07) is 5.70. The number of anilines is 1. The maximum Gasteiger partial charge on any atom is 0.326 e. The molecule has 0 aliphatic rings. The number of nitriles is 1. The lowest BCUT2D eigenvalue weighted by atomic mass is 10.2. The number of benzene rings is 1. The number of nitrogens with zero attached hydrogens (tertiary/aromatic N) is 1. The number of urea groups is 1. The summed E-state index contributed by atoms with van der Waals surface area (Å²) in [7, 11) is 0. The molecule has 1 unspecified atom stereocenters. The molecule has 0 aromatic heterocycles. The smallest absolute Gasteiger partial charge is 0.326 e. The molecule has 8 nitrogen and oxygen atoms in total. The van der Waals surface area contributed by atoms with Crippen molar-refractivity contribution in [3.8, 4) is 6.07 Å². The van der Waals surface area contributed by atoms with Crippen molar-refractivity contribution < 1.29 is 19.5 Å². The highest BCUT2D eigenvalue weighted by Gasteiger charge is 2.21. The lowest BCUT2D eigenvalue weighted by molar-refractivity contribution is -0.140. The van der Waals surface area contributed by atoms with Crippen molar-refractivity contribution in [3.63, 3.8) is 0 Å². The quantitative estimate of drug-likeness (QED) is 0.598. The van der Waals surface area contributed by atoms with E-state index in [1.54, 1.807) is 0 Å². The van der Waals surface area contributed by atoms with Crippen LogP contribution in [0.5, 0.6) is 0 Å². The number of rotatable bonds is 5. The molecule has 0 bridgehead atoms. The zero-order valence-corrected chi connectivity index (χ0v) is 10.3. The monoisotopic (exact) mass is 276 g/mol. The van der Waals surface area contributed by atoms with Gasteiger partial charge in [-0.2, -0.15) is 5.26 Å². The lowest BCUT2D eigenvalue weighted by Crippen LogP contribution is -2.45. The number of amides is 3. The molecule has 20 heavy (non-hydrogen) atoms. The summed E-state index contributed by atoms with van der Waals surface area (Å²) < 4.78 is 0. The molecule has 104 valence electrons. The number of primary amides is 1. The van der Waals surface area contributed by atoms with Crippen molar-refractivity contribution >= 4 is 23.6 Å². The summed E-state index contributed by atoms with van der Waals surface area (Å²) in [6.07, 6.45) is -0.504. The molecule has 0 saturated heterocycles. The van der Waals surface area contributed by atoms with Gasteiger partial charge in [0.05, 0.1) is 18.1 Å². The van der Waals surface area contributed by atoms with E-state index < -0.39 is 30.4 Å². The molecule has 0 aliphatic carbocycles. The van der Waals surface area contributed by atoms with Crippen LogP contribution in [0.25, 0.3) is 0 Å². The van der Waals surface area contributed by atoms with Crippen LogP contribution in [-0.2, 0) is 9.59 Å². The minimum atomic E-state index is -1.40. The van der Waals surface area contributed by atoms with Crippen LogP contribution in [-0.4, -0.2) is 29.1 Å². The Morgan fingerprint density at radius 2 is 1.90 bits per heavy atom. The molecule has 5 N–H and O–H groups in total. The summed E-state index contributed by atoms with van der Waals surface area (Å²) in [4.78, 5) is 33.1. The standard InChI is InChI=1S/C12H12N4O4/c13-6-7-1-3-8(4-2-7)15-12(20)16-9(11(18)19)5-10(14)17/h1-4,9H,5H2,(H2,14,17)(H,18,19)(H2,15,16,20). The van der Waals surface area contributed by atoms with E-state index in [0.29, 0.717) is 11.3 Å². The highest BCUT2D eigenvalue weighted by Crippen LogP contribution is 2.08. The number of carbonyl (C=O) groups is 3. The van der Waals surface area contributed by atoms with Gasteiger partial charge in [0.1, 0.15) is 6.04 Å². The summed E-state index contributed by atoms with van der Waals surface area (Å²) in [6.45, 7) is 0.